The van der Waals surface area contributed by atoms with Crippen LogP contribution in [-0.2, 0) is 0 Å². The highest BCUT2D eigenvalue weighted by molar-refractivity contribution is 7.98. The summed E-state index contributed by atoms with van der Waals surface area (Å²) in [6, 6.07) is 6.67. The molecule has 3 rings (SSSR count). The Kier molecular flexibility index (Phi) is 4.35. The molecule has 0 bridgehead atoms. The molecule has 118 valence electrons. The highest BCUT2D eigenvalue weighted by Crippen LogP contribution is 2.29. The Bertz CT molecular complexity index is 837. The molecule has 1 N–H and O–H groups in total. The van der Waals surface area contributed by atoms with E-state index in [1.807, 2.05) is 12.1 Å². The molecule has 0 unspecified atom stereocenters. The number of halogens is 1. The summed E-state index contributed by atoms with van der Waals surface area (Å²) >= 11 is 1.23. The largest absolute Gasteiger partial charge is 0.371 e. The molecule has 0 aliphatic carbocycles. The predicted octanol–water partition coefficient (Wildman–Crippen LogP) is 2.77. The van der Waals surface area contributed by atoms with Crippen molar-refractivity contribution in [3.05, 3.63) is 39.9 Å². The number of benzene rings is 1. The van der Waals surface area contributed by atoms with Crippen molar-refractivity contribution in [1.29, 1.82) is 5.26 Å². The molecule has 1 aromatic carbocycles. The summed E-state index contributed by atoms with van der Waals surface area (Å²) in [5.41, 5.74) is 0.356. The zero-order valence-electron chi connectivity index (χ0n) is 12.6. The number of hydrogen-bond donors (Lipinski definition) is 1. The number of aromatic nitrogens is 2. The molecule has 7 heteroatoms. The maximum absolute atomic E-state index is 14.6. The fourth-order valence-electron chi connectivity index (χ4n) is 2.72. The zero-order valence-corrected chi connectivity index (χ0v) is 13.4. The number of nitrogens with one attached hydrogen (secondary N) is 1. The summed E-state index contributed by atoms with van der Waals surface area (Å²) in [6.07, 6.45) is 3.96. The third kappa shape index (κ3) is 2.94. The van der Waals surface area contributed by atoms with Crippen molar-refractivity contribution in [2.45, 2.75) is 18.0 Å². The maximum Gasteiger partial charge on any atom is 0.270 e. The van der Waals surface area contributed by atoms with E-state index >= 15 is 0 Å². The molecule has 1 aromatic heterocycles. The van der Waals surface area contributed by atoms with Gasteiger partial charge in [0, 0.05) is 24.3 Å². The minimum absolute atomic E-state index is 0.0890. The lowest BCUT2D eigenvalue weighted by molar-refractivity contribution is 0.629. The molecule has 0 saturated carbocycles. The van der Waals surface area contributed by atoms with Crippen LogP contribution in [0.25, 0.3) is 11.3 Å². The van der Waals surface area contributed by atoms with E-state index in [1.54, 1.807) is 12.3 Å². The van der Waals surface area contributed by atoms with Gasteiger partial charge < -0.3 is 9.88 Å². The molecule has 2 heterocycles. The second-order valence-corrected chi connectivity index (χ2v) is 6.06. The third-order valence-electron chi connectivity index (χ3n) is 3.88. The van der Waals surface area contributed by atoms with Gasteiger partial charge in [-0.3, -0.25) is 4.79 Å². The quantitative estimate of drug-likeness (QED) is 0.692. The van der Waals surface area contributed by atoms with Gasteiger partial charge in [0.05, 0.1) is 5.69 Å². The first-order valence-electron chi connectivity index (χ1n) is 7.27. The number of thioether (sulfide) groups is 1. The van der Waals surface area contributed by atoms with Crippen molar-refractivity contribution in [1.82, 2.24) is 9.97 Å². The van der Waals surface area contributed by atoms with Crippen molar-refractivity contribution in [3.63, 3.8) is 0 Å². The molecule has 1 saturated heterocycles. The first kappa shape index (κ1) is 15.6. The second-order valence-electron chi connectivity index (χ2n) is 5.27. The molecule has 23 heavy (non-hydrogen) atoms. The Hall–Kier alpha value is -2.33. The molecule has 2 aromatic rings. The SMILES string of the molecule is CSc1nc(-c2ccc(N3CCCC3)cc2F)c(C#N)c(=O)[nH]1. The van der Waals surface area contributed by atoms with Gasteiger partial charge in [-0.15, -0.1) is 0 Å². The summed E-state index contributed by atoms with van der Waals surface area (Å²) in [6.45, 7) is 1.84. The molecular weight excluding hydrogens is 315 g/mol. The fourth-order valence-corrected chi connectivity index (χ4v) is 3.09. The molecule has 0 amide bonds. The van der Waals surface area contributed by atoms with Gasteiger partial charge in [-0.05, 0) is 37.3 Å². The number of anilines is 1. The molecule has 0 spiro atoms. The van der Waals surface area contributed by atoms with E-state index in [4.69, 9.17) is 0 Å². The highest BCUT2D eigenvalue weighted by Gasteiger charge is 2.19. The van der Waals surface area contributed by atoms with Gasteiger partial charge in [0.15, 0.2) is 5.16 Å². The van der Waals surface area contributed by atoms with Gasteiger partial charge in [0.25, 0.3) is 5.56 Å². The van der Waals surface area contributed by atoms with E-state index in [0.717, 1.165) is 31.6 Å². The first-order chi connectivity index (χ1) is 11.1. The van der Waals surface area contributed by atoms with Crippen molar-refractivity contribution in [2.75, 3.05) is 24.2 Å². The third-order valence-corrected chi connectivity index (χ3v) is 4.46. The minimum atomic E-state index is -0.551. The standard InChI is InChI=1S/C16H15FN4OS/c1-23-16-19-14(12(9-18)15(22)20-16)11-5-4-10(8-13(11)17)21-6-2-3-7-21/h4-5,8H,2-3,6-7H2,1H3,(H,19,20,22). The Morgan fingerprint density at radius 1 is 1.39 bits per heavy atom. The highest BCUT2D eigenvalue weighted by atomic mass is 32.2. The molecular formula is C16H15FN4OS. The number of nitrogens with zero attached hydrogens (tertiary/aromatic N) is 3. The van der Waals surface area contributed by atoms with Crippen LogP contribution in [-0.4, -0.2) is 29.3 Å². The van der Waals surface area contributed by atoms with Crippen LogP contribution in [0.2, 0.25) is 0 Å². The van der Waals surface area contributed by atoms with Gasteiger partial charge in [0.1, 0.15) is 17.4 Å². The van der Waals surface area contributed by atoms with Gasteiger partial charge in [-0.1, -0.05) is 11.8 Å². The van der Waals surface area contributed by atoms with Crippen LogP contribution in [0.4, 0.5) is 10.1 Å². The lowest BCUT2D eigenvalue weighted by atomic mass is 10.1. The molecule has 0 atom stereocenters. The maximum atomic E-state index is 14.6. The summed E-state index contributed by atoms with van der Waals surface area (Å²) in [4.78, 5) is 20.8. The molecule has 0 radical (unpaired) electrons. The van der Waals surface area contributed by atoms with Crippen LogP contribution in [0.3, 0.4) is 0 Å². The van der Waals surface area contributed by atoms with Crippen LogP contribution in [0, 0.1) is 17.1 Å². The molecule has 1 aliphatic rings. The van der Waals surface area contributed by atoms with E-state index < -0.39 is 11.4 Å². The van der Waals surface area contributed by atoms with Gasteiger partial charge in [0.2, 0.25) is 0 Å². The van der Waals surface area contributed by atoms with Crippen molar-refractivity contribution in [2.24, 2.45) is 0 Å². The molecule has 5 nitrogen and oxygen atoms in total. The smallest absolute Gasteiger partial charge is 0.270 e. The Morgan fingerprint density at radius 3 is 2.74 bits per heavy atom. The van der Waals surface area contributed by atoms with Crippen molar-refractivity contribution >= 4 is 17.4 Å². The Morgan fingerprint density at radius 2 is 2.13 bits per heavy atom. The zero-order chi connectivity index (χ0) is 16.4. The van der Waals surface area contributed by atoms with Crippen molar-refractivity contribution < 1.29 is 4.39 Å². The molecule has 1 aliphatic heterocycles. The van der Waals surface area contributed by atoms with Crippen LogP contribution in [0.5, 0.6) is 0 Å². The average molecular weight is 330 g/mol. The average Bonchev–Trinajstić information content (AvgIpc) is 3.08. The van der Waals surface area contributed by atoms with Gasteiger partial charge in [-0.25, -0.2) is 9.37 Å². The predicted molar refractivity (Wildman–Crippen MR) is 88.2 cm³/mol. The monoisotopic (exact) mass is 330 g/mol. The number of rotatable bonds is 3. The topological polar surface area (TPSA) is 72.8 Å². The summed E-state index contributed by atoms with van der Waals surface area (Å²) in [5, 5.41) is 9.55. The minimum Gasteiger partial charge on any atom is -0.371 e. The normalized spacial score (nSPS) is 14.0. The van der Waals surface area contributed by atoms with Crippen LogP contribution in [0.1, 0.15) is 18.4 Å². The van der Waals surface area contributed by atoms with Gasteiger partial charge in [-0.2, -0.15) is 5.26 Å². The summed E-state index contributed by atoms with van der Waals surface area (Å²) < 4.78 is 14.6. The fraction of sp³-hybridized carbons (Fsp3) is 0.312. The first-order valence-corrected chi connectivity index (χ1v) is 8.50. The Labute approximate surface area is 137 Å². The van der Waals surface area contributed by atoms with E-state index in [2.05, 4.69) is 14.9 Å². The number of aromatic amines is 1. The number of nitriles is 1. The second kappa shape index (κ2) is 6.42. The summed E-state index contributed by atoms with van der Waals surface area (Å²) in [5.74, 6) is -0.476. The van der Waals surface area contributed by atoms with E-state index in [1.165, 1.54) is 17.8 Å². The van der Waals surface area contributed by atoms with Crippen LogP contribution >= 0.6 is 11.8 Å². The van der Waals surface area contributed by atoms with E-state index in [0.29, 0.717) is 5.16 Å². The van der Waals surface area contributed by atoms with Gasteiger partial charge >= 0.3 is 0 Å². The van der Waals surface area contributed by atoms with Crippen LogP contribution in [0.15, 0.2) is 28.2 Å². The van der Waals surface area contributed by atoms with Crippen LogP contribution < -0.4 is 10.5 Å². The molecule has 1 fully saturated rings. The van der Waals surface area contributed by atoms with E-state index in [-0.39, 0.29) is 16.8 Å². The lowest BCUT2D eigenvalue weighted by Crippen LogP contribution is -2.18. The van der Waals surface area contributed by atoms with E-state index in [9.17, 15) is 14.4 Å². The number of H-pyrrole nitrogens is 1. The number of hydrogen-bond acceptors (Lipinski definition) is 5. The lowest BCUT2D eigenvalue weighted by Gasteiger charge is -2.18. The van der Waals surface area contributed by atoms with Crippen molar-refractivity contribution in [3.8, 4) is 17.3 Å². The summed E-state index contributed by atoms with van der Waals surface area (Å²) in [7, 11) is 0. The Balaban J connectivity index is 2.10.